The first-order valence-electron chi connectivity index (χ1n) is 6.23. The van der Waals surface area contributed by atoms with E-state index in [0.717, 1.165) is 38.7 Å². The molecule has 90 valence electrons. The van der Waals surface area contributed by atoms with Gasteiger partial charge in [0.15, 0.2) is 0 Å². The third-order valence-electron chi connectivity index (χ3n) is 2.91. The molecular weight excluding hydrogens is 188 g/mol. The zero-order valence-electron chi connectivity index (χ0n) is 10.5. The number of rotatable bonds is 7. The zero-order valence-corrected chi connectivity index (χ0v) is 10.5. The van der Waals surface area contributed by atoms with Crippen molar-refractivity contribution in [2.24, 2.45) is 5.92 Å². The lowest BCUT2D eigenvalue weighted by molar-refractivity contribution is 0.0774. The van der Waals surface area contributed by atoms with Crippen molar-refractivity contribution >= 4 is 0 Å². The minimum atomic E-state index is 0.487. The Kier molecular flexibility index (Phi) is 6.22. The molecule has 15 heavy (non-hydrogen) atoms. The van der Waals surface area contributed by atoms with Crippen molar-refractivity contribution in [2.75, 3.05) is 39.8 Å². The van der Waals surface area contributed by atoms with Crippen molar-refractivity contribution in [3.05, 3.63) is 0 Å². The molecule has 1 heterocycles. The Morgan fingerprint density at radius 1 is 1.53 bits per heavy atom. The first-order chi connectivity index (χ1) is 7.22. The predicted molar refractivity (Wildman–Crippen MR) is 64.2 cm³/mol. The van der Waals surface area contributed by atoms with E-state index in [9.17, 15) is 0 Å². The second-order valence-electron chi connectivity index (χ2n) is 4.77. The average molecular weight is 214 g/mol. The molecule has 0 amide bonds. The van der Waals surface area contributed by atoms with Crippen LogP contribution in [0.1, 0.15) is 26.7 Å². The Labute approximate surface area is 94.2 Å². The van der Waals surface area contributed by atoms with Gasteiger partial charge in [-0.25, -0.2) is 0 Å². The molecule has 1 fully saturated rings. The first kappa shape index (κ1) is 12.9. The third-order valence-corrected chi connectivity index (χ3v) is 2.91. The molecule has 0 aromatic carbocycles. The molecule has 3 heteroatoms. The molecule has 3 nitrogen and oxygen atoms in total. The van der Waals surface area contributed by atoms with E-state index < -0.39 is 0 Å². The van der Waals surface area contributed by atoms with Crippen LogP contribution in [0.5, 0.6) is 0 Å². The second kappa shape index (κ2) is 7.20. The van der Waals surface area contributed by atoms with E-state index in [1.54, 1.807) is 0 Å². The normalized spacial score (nSPS) is 23.6. The maximum absolute atomic E-state index is 5.63. The maximum atomic E-state index is 5.63. The Bertz CT molecular complexity index is 158. The van der Waals surface area contributed by atoms with Gasteiger partial charge in [0.05, 0.1) is 6.10 Å². The van der Waals surface area contributed by atoms with Crippen molar-refractivity contribution in [2.45, 2.75) is 32.8 Å². The third kappa shape index (κ3) is 5.50. The van der Waals surface area contributed by atoms with Gasteiger partial charge < -0.3 is 15.0 Å². The highest BCUT2D eigenvalue weighted by atomic mass is 16.5. The first-order valence-corrected chi connectivity index (χ1v) is 6.23. The summed E-state index contributed by atoms with van der Waals surface area (Å²) in [7, 11) is 2.20. The molecule has 0 radical (unpaired) electrons. The molecule has 1 aliphatic heterocycles. The summed E-state index contributed by atoms with van der Waals surface area (Å²) in [6.07, 6.45) is 2.97. The van der Waals surface area contributed by atoms with Gasteiger partial charge in [0, 0.05) is 19.7 Å². The van der Waals surface area contributed by atoms with Gasteiger partial charge in [0.25, 0.3) is 0 Å². The Balaban J connectivity index is 2.08. The van der Waals surface area contributed by atoms with Crippen LogP contribution in [0, 0.1) is 5.92 Å². The molecule has 0 spiro atoms. The largest absolute Gasteiger partial charge is 0.377 e. The number of hydrogen-bond donors (Lipinski definition) is 1. The molecule has 1 N–H and O–H groups in total. The minimum absolute atomic E-state index is 0.487. The fourth-order valence-electron chi connectivity index (χ4n) is 2.20. The molecular formula is C12H26N2O. The standard InChI is InChI=1S/C12H26N2O/c1-4-13-8-11(2)9-14(3)10-12-6-5-7-15-12/h11-13H,4-10H2,1-3H3. The van der Waals surface area contributed by atoms with Crippen molar-refractivity contribution in [1.82, 2.24) is 10.2 Å². The molecule has 0 saturated carbocycles. The van der Waals surface area contributed by atoms with Gasteiger partial charge in [-0.15, -0.1) is 0 Å². The summed E-state index contributed by atoms with van der Waals surface area (Å²) >= 11 is 0. The molecule has 0 bridgehead atoms. The van der Waals surface area contributed by atoms with E-state index in [-0.39, 0.29) is 0 Å². The van der Waals surface area contributed by atoms with Crippen LogP contribution in [-0.4, -0.2) is 50.8 Å². The van der Waals surface area contributed by atoms with Gasteiger partial charge in [-0.2, -0.15) is 0 Å². The van der Waals surface area contributed by atoms with Gasteiger partial charge in [0.1, 0.15) is 0 Å². The van der Waals surface area contributed by atoms with Crippen LogP contribution in [0.25, 0.3) is 0 Å². The molecule has 1 rings (SSSR count). The van der Waals surface area contributed by atoms with Crippen molar-refractivity contribution in [3.8, 4) is 0 Å². The number of ether oxygens (including phenoxy) is 1. The molecule has 1 saturated heterocycles. The van der Waals surface area contributed by atoms with Crippen molar-refractivity contribution in [3.63, 3.8) is 0 Å². The molecule has 0 aliphatic carbocycles. The van der Waals surface area contributed by atoms with Gasteiger partial charge in [-0.05, 0) is 38.9 Å². The lowest BCUT2D eigenvalue weighted by Gasteiger charge is -2.23. The summed E-state index contributed by atoms with van der Waals surface area (Å²) < 4.78 is 5.63. The van der Waals surface area contributed by atoms with E-state index in [1.165, 1.54) is 12.8 Å². The highest BCUT2D eigenvalue weighted by molar-refractivity contribution is 4.70. The van der Waals surface area contributed by atoms with E-state index >= 15 is 0 Å². The number of nitrogens with one attached hydrogen (secondary N) is 1. The molecule has 0 aromatic heterocycles. The van der Waals surface area contributed by atoms with Crippen LogP contribution in [0.4, 0.5) is 0 Å². The Hall–Kier alpha value is -0.120. The van der Waals surface area contributed by atoms with E-state index in [2.05, 4.69) is 31.1 Å². The SMILES string of the molecule is CCNCC(C)CN(C)CC1CCCO1. The van der Waals surface area contributed by atoms with E-state index in [4.69, 9.17) is 4.74 Å². The number of likely N-dealkylation sites (N-methyl/N-ethyl adjacent to an activating group) is 1. The zero-order chi connectivity index (χ0) is 11.1. The summed E-state index contributed by atoms with van der Waals surface area (Å²) in [6.45, 7) is 9.86. The monoisotopic (exact) mass is 214 g/mol. The van der Waals surface area contributed by atoms with Crippen LogP contribution in [0.15, 0.2) is 0 Å². The summed E-state index contributed by atoms with van der Waals surface area (Å²) in [6, 6.07) is 0. The van der Waals surface area contributed by atoms with Gasteiger partial charge >= 0.3 is 0 Å². The summed E-state index contributed by atoms with van der Waals surface area (Å²) in [4.78, 5) is 2.40. The Morgan fingerprint density at radius 3 is 2.93 bits per heavy atom. The highest BCUT2D eigenvalue weighted by Crippen LogP contribution is 2.13. The van der Waals surface area contributed by atoms with Gasteiger partial charge in [-0.1, -0.05) is 13.8 Å². The fraction of sp³-hybridized carbons (Fsp3) is 1.00. The number of hydrogen-bond acceptors (Lipinski definition) is 3. The summed E-state index contributed by atoms with van der Waals surface area (Å²) in [5, 5.41) is 3.39. The summed E-state index contributed by atoms with van der Waals surface area (Å²) in [5.41, 5.74) is 0. The maximum Gasteiger partial charge on any atom is 0.0702 e. The molecule has 1 aliphatic rings. The van der Waals surface area contributed by atoms with Crippen LogP contribution in [0.3, 0.4) is 0 Å². The van der Waals surface area contributed by atoms with Crippen LogP contribution in [0.2, 0.25) is 0 Å². The average Bonchev–Trinajstić information content (AvgIpc) is 2.67. The lowest BCUT2D eigenvalue weighted by Crippen LogP contribution is -2.35. The van der Waals surface area contributed by atoms with E-state index in [1.807, 2.05) is 0 Å². The molecule has 2 atom stereocenters. The quantitative estimate of drug-likeness (QED) is 0.692. The number of nitrogens with zero attached hydrogens (tertiary/aromatic N) is 1. The Morgan fingerprint density at radius 2 is 2.33 bits per heavy atom. The smallest absolute Gasteiger partial charge is 0.0702 e. The van der Waals surface area contributed by atoms with Crippen molar-refractivity contribution in [1.29, 1.82) is 0 Å². The fourth-order valence-corrected chi connectivity index (χ4v) is 2.20. The predicted octanol–water partition coefficient (Wildman–Crippen LogP) is 1.34. The lowest BCUT2D eigenvalue weighted by atomic mass is 10.1. The minimum Gasteiger partial charge on any atom is -0.377 e. The second-order valence-corrected chi connectivity index (χ2v) is 4.77. The van der Waals surface area contributed by atoms with Crippen molar-refractivity contribution < 1.29 is 4.74 Å². The van der Waals surface area contributed by atoms with Crippen LogP contribution >= 0.6 is 0 Å². The van der Waals surface area contributed by atoms with Gasteiger partial charge in [-0.3, -0.25) is 0 Å². The highest BCUT2D eigenvalue weighted by Gasteiger charge is 2.17. The van der Waals surface area contributed by atoms with Gasteiger partial charge in [0.2, 0.25) is 0 Å². The van der Waals surface area contributed by atoms with E-state index in [0.29, 0.717) is 6.10 Å². The summed E-state index contributed by atoms with van der Waals surface area (Å²) in [5.74, 6) is 0.719. The van der Waals surface area contributed by atoms with Crippen LogP contribution < -0.4 is 5.32 Å². The van der Waals surface area contributed by atoms with Crippen LogP contribution in [-0.2, 0) is 4.74 Å². The molecule has 2 unspecified atom stereocenters. The molecule has 0 aromatic rings. The topological polar surface area (TPSA) is 24.5 Å².